The molecule has 2 aliphatic heterocycles. The van der Waals surface area contributed by atoms with Crippen LogP contribution in [0.25, 0.3) is 0 Å². The minimum Gasteiger partial charge on any atom is -0.322 e. The number of hydrogen-bond acceptors (Lipinski definition) is 3. The Morgan fingerprint density at radius 1 is 0.933 bits per heavy atom. The molecule has 2 aliphatic rings. The Morgan fingerprint density at radius 2 is 1.67 bits per heavy atom. The van der Waals surface area contributed by atoms with Gasteiger partial charge in [0.1, 0.15) is 5.37 Å². The number of hydrogen-bond donors (Lipinski definition) is 0. The normalized spacial score (nSPS) is 18.0. The van der Waals surface area contributed by atoms with Crippen molar-refractivity contribution in [1.29, 1.82) is 0 Å². The first-order chi connectivity index (χ1) is 14.7. The van der Waals surface area contributed by atoms with Gasteiger partial charge in [0.2, 0.25) is 5.91 Å². The Bertz CT molecular complexity index is 1080. The van der Waals surface area contributed by atoms with E-state index in [2.05, 4.69) is 6.07 Å². The van der Waals surface area contributed by atoms with E-state index in [1.54, 1.807) is 11.8 Å². The zero-order valence-corrected chi connectivity index (χ0v) is 17.3. The summed E-state index contributed by atoms with van der Waals surface area (Å²) in [6, 6.07) is 25.9. The molecule has 0 spiro atoms. The van der Waals surface area contributed by atoms with E-state index in [0.717, 1.165) is 29.8 Å². The molecule has 2 heterocycles. The van der Waals surface area contributed by atoms with Gasteiger partial charge < -0.3 is 9.80 Å². The molecule has 4 nitrogen and oxygen atoms in total. The smallest absolute Gasteiger partial charge is 0.258 e. The van der Waals surface area contributed by atoms with Crippen LogP contribution >= 0.6 is 11.8 Å². The number of fused-ring (bicyclic) bond motifs is 1. The Kier molecular flexibility index (Phi) is 5.05. The molecule has 1 atom stereocenters. The van der Waals surface area contributed by atoms with E-state index in [-0.39, 0.29) is 17.2 Å². The third-order valence-electron chi connectivity index (χ3n) is 5.74. The molecule has 0 unspecified atom stereocenters. The summed E-state index contributed by atoms with van der Waals surface area (Å²) < 4.78 is 0. The van der Waals surface area contributed by atoms with Gasteiger partial charge >= 0.3 is 0 Å². The largest absolute Gasteiger partial charge is 0.322 e. The average molecular weight is 415 g/mol. The second kappa shape index (κ2) is 8.00. The lowest BCUT2D eigenvalue weighted by Gasteiger charge is -2.24. The van der Waals surface area contributed by atoms with Crippen molar-refractivity contribution >= 4 is 29.3 Å². The molecule has 0 N–H and O–H groups in total. The zero-order chi connectivity index (χ0) is 20.5. The summed E-state index contributed by atoms with van der Waals surface area (Å²) >= 11 is 1.64. The summed E-state index contributed by atoms with van der Waals surface area (Å²) in [6.45, 7) is 1.32. The van der Waals surface area contributed by atoms with Crippen LogP contribution in [0, 0.1) is 0 Å². The molecule has 3 aromatic rings. The lowest BCUT2D eigenvalue weighted by molar-refractivity contribution is -0.128. The number of benzene rings is 3. The maximum absolute atomic E-state index is 13.1. The van der Waals surface area contributed by atoms with E-state index in [0.29, 0.717) is 17.9 Å². The molecule has 1 saturated heterocycles. The van der Waals surface area contributed by atoms with Crippen molar-refractivity contribution in [2.45, 2.75) is 18.3 Å². The third kappa shape index (κ3) is 3.50. The molecule has 2 amide bonds. The number of thioether (sulfide) groups is 1. The number of carbonyl (C=O) groups is 2. The van der Waals surface area contributed by atoms with Gasteiger partial charge in [0.15, 0.2) is 0 Å². The summed E-state index contributed by atoms with van der Waals surface area (Å²) in [6.07, 6.45) is 0.898. The number of amides is 2. The fourth-order valence-electron chi connectivity index (χ4n) is 4.18. The van der Waals surface area contributed by atoms with Crippen LogP contribution in [0.3, 0.4) is 0 Å². The molecule has 0 aliphatic carbocycles. The van der Waals surface area contributed by atoms with Crippen LogP contribution in [0.4, 0.5) is 5.69 Å². The molecule has 30 heavy (non-hydrogen) atoms. The highest BCUT2D eigenvalue weighted by Gasteiger charge is 2.33. The number of anilines is 1. The lowest BCUT2D eigenvalue weighted by atomic mass is 10.1. The summed E-state index contributed by atoms with van der Waals surface area (Å²) in [5.74, 6) is 0.674. The van der Waals surface area contributed by atoms with Gasteiger partial charge in [-0.2, -0.15) is 0 Å². The highest BCUT2D eigenvalue weighted by atomic mass is 32.2. The molecular weight excluding hydrogens is 392 g/mol. The van der Waals surface area contributed by atoms with Gasteiger partial charge in [0.05, 0.1) is 5.75 Å². The van der Waals surface area contributed by atoms with Crippen LogP contribution in [0.15, 0.2) is 78.9 Å². The van der Waals surface area contributed by atoms with Crippen LogP contribution in [0.5, 0.6) is 0 Å². The van der Waals surface area contributed by atoms with Gasteiger partial charge in [0, 0.05) is 24.3 Å². The van der Waals surface area contributed by atoms with Crippen molar-refractivity contribution < 1.29 is 9.59 Å². The van der Waals surface area contributed by atoms with Gasteiger partial charge in [-0.1, -0.05) is 60.7 Å². The quantitative estimate of drug-likeness (QED) is 0.623. The minimum atomic E-state index is -0.0191. The average Bonchev–Trinajstić information content (AvgIpc) is 3.38. The third-order valence-corrected chi connectivity index (χ3v) is 6.99. The second-order valence-electron chi connectivity index (χ2n) is 7.63. The Morgan fingerprint density at radius 3 is 2.47 bits per heavy atom. The van der Waals surface area contributed by atoms with Crippen LogP contribution in [-0.2, 0) is 17.8 Å². The standard InChI is InChI=1S/C25H22N2O2S/c28-23-17-30-25(27(23)16-18-6-2-1-3-7-18)21-12-10-20(11-13-21)24(29)26-15-14-19-8-4-5-9-22(19)26/h1-13,25H,14-17H2/t25-/m0/s1. The molecule has 0 aromatic heterocycles. The molecule has 0 radical (unpaired) electrons. The highest BCUT2D eigenvalue weighted by Crippen LogP contribution is 2.39. The summed E-state index contributed by atoms with van der Waals surface area (Å²) in [5.41, 5.74) is 5.09. The van der Waals surface area contributed by atoms with Gasteiger partial charge in [-0.05, 0) is 41.3 Å². The Hall–Kier alpha value is -3.05. The lowest BCUT2D eigenvalue weighted by Crippen LogP contribution is -2.29. The summed E-state index contributed by atoms with van der Waals surface area (Å²) in [5, 5.41) is -0.0191. The summed E-state index contributed by atoms with van der Waals surface area (Å²) in [7, 11) is 0. The first-order valence-corrected chi connectivity index (χ1v) is 11.2. The van der Waals surface area contributed by atoms with E-state index in [1.165, 1.54) is 5.56 Å². The Balaban J connectivity index is 1.34. The Labute approximate surface area is 180 Å². The fraction of sp³-hybridized carbons (Fsp3) is 0.200. The van der Waals surface area contributed by atoms with Crippen LogP contribution < -0.4 is 4.90 Å². The monoisotopic (exact) mass is 414 g/mol. The fourth-order valence-corrected chi connectivity index (χ4v) is 5.36. The molecule has 5 heteroatoms. The first kappa shape index (κ1) is 18.9. The van der Waals surface area contributed by atoms with Crippen molar-refractivity contribution in [3.05, 3.63) is 101 Å². The predicted octanol–water partition coefficient (Wildman–Crippen LogP) is 4.66. The van der Waals surface area contributed by atoms with Crippen molar-refractivity contribution in [3.63, 3.8) is 0 Å². The SMILES string of the molecule is O=C(c1ccc([C@@H]2SCC(=O)N2Cc2ccccc2)cc1)N1CCc2ccccc21. The number of nitrogens with zero attached hydrogens (tertiary/aromatic N) is 2. The van der Waals surface area contributed by atoms with Crippen LogP contribution in [0.2, 0.25) is 0 Å². The minimum absolute atomic E-state index is 0.0191. The zero-order valence-electron chi connectivity index (χ0n) is 16.5. The molecule has 3 aromatic carbocycles. The van der Waals surface area contributed by atoms with Crippen molar-refractivity contribution in [2.24, 2.45) is 0 Å². The topological polar surface area (TPSA) is 40.6 Å². The summed E-state index contributed by atoms with van der Waals surface area (Å²) in [4.78, 5) is 29.3. The van der Waals surface area contributed by atoms with Gasteiger partial charge in [-0.25, -0.2) is 0 Å². The molecule has 0 bridgehead atoms. The molecular formula is C25H22N2O2S. The van der Waals surface area contributed by atoms with Crippen LogP contribution in [0.1, 0.15) is 32.4 Å². The molecule has 5 rings (SSSR count). The van der Waals surface area contributed by atoms with Crippen molar-refractivity contribution in [2.75, 3.05) is 17.2 Å². The second-order valence-corrected chi connectivity index (χ2v) is 8.70. The maximum Gasteiger partial charge on any atom is 0.258 e. The maximum atomic E-state index is 13.1. The number of carbonyl (C=O) groups excluding carboxylic acids is 2. The van der Waals surface area contributed by atoms with Crippen LogP contribution in [-0.4, -0.2) is 29.0 Å². The predicted molar refractivity (Wildman–Crippen MR) is 120 cm³/mol. The number of para-hydroxylation sites is 1. The van der Waals surface area contributed by atoms with Gasteiger partial charge in [-0.3, -0.25) is 9.59 Å². The molecule has 0 saturated carbocycles. The van der Waals surface area contributed by atoms with E-state index in [1.807, 2.05) is 82.6 Å². The van der Waals surface area contributed by atoms with E-state index in [4.69, 9.17) is 0 Å². The van der Waals surface area contributed by atoms with Gasteiger partial charge in [-0.15, -0.1) is 11.8 Å². The van der Waals surface area contributed by atoms with E-state index < -0.39 is 0 Å². The molecule has 1 fully saturated rings. The molecule has 150 valence electrons. The van der Waals surface area contributed by atoms with Gasteiger partial charge in [0.25, 0.3) is 5.91 Å². The van der Waals surface area contributed by atoms with Crippen molar-refractivity contribution in [1.82, 2.24) is 4.90 Å². The number of rotatable bonds is 4. The first-order valence-electron chi connectivity index (χ1n) is 10.2. The van der Waals surface area contributed by atoms with E-state index >= 15 is 0 Å². The highest BCUT2D eigenvalue weighted by molar-refractivity contribution is 8.00. The van der Waals surface area contributed by atoms with E-state index in [9.17, 15) is 9.59 Å². The van der Waals surface area contributed by atoms with Crippen molar-refractivity contribution in [3.8, 4) is 0 Å².